The molecule has 1 atom stereocenters. The molecule has 2 heterocycles. The number of hydrogen-bond donors (Lipinski definition) is 1. The van der Waals surface area contributed by atoms with Gasteiger partial charge in [-0.05, 0) is 56.0 Å². The summed E-state index contributed by atoms with van der Waals surface area (Å²) in [6.07, 6.45) is 1.72. The van der Waals surface area contributed by atoms with E-state index in [2.05, 4.69) is 5.32 Å². The Morgan fingerprint density at radius 2 is 1.68 bits per heavy atom. The topological polar surface area (TPSA) is 69.7 Å². The van der Waals surface area contributed by atoms with Gasteiger partial charge in [-0.1, -0.05) is 30.3 Å². The van der Waals surface area contributed by atoms with Gasteiger partial charge in [-0.25, -0.2) is 0 Å². The van der Waals surface area contributed by atoms with E-state index in [4.69, 9.17) is 0 Å². The first kappa shape index (κ1) is 21.1. The van der Waals surface area contributed by atoms with Crippen LogP contribution in [0.3, 0.4) is 0 Å². The van der Waals surface area contributed by atoms with Crippen LogP contribution in [0.5, 0.6) is 0 Å². The summed E-state index contributed by atoms with van der Waals surface area (Å²) in [6, 6.07) is 15.2. The Morgan fingerprint density at radius 1 is 0.968 bits per heavy atom. The Morgan fingerprint density at radius 3 is 2.39 bits per heavy atom. The van der Waals surface area contributed by atoms with Crippen molar-refractivity contribution in [3.05, 3.63) is 65.2 Å². The fraction of sp³-hybridized carbons (Fsp3) is 0.400. The summed E-state index contributed by atoms with van der Waals surface area (Å²) in [5.74, 6) is -0.315. The van der Waals surface area contributed by atoms with E-state index in [1.807, 2.05) is 55.1 Å². The molecule has 2 aromatic carbocycles. The van der Waals surface area contributed by atoms with E-state index in [9.17, 15) is 14.4 Å². The summed E-state index contributed by atoms with van der Waals surface area (Å²) in [7, 11) is 0. The van der Waals surface area contributed by atoms with Crippen LogP contribution in [-0.2, 0) is 9.59 Å². The Bertz CT molecular complexity index is 981. The first-order chi connectivity index (χ1) is 14.9. The van der Waals surface area contributed by atoms with Gasteiger partial charge in [0, 0.05) is 43.3 Å². The van der Waals surface area contributed by atoms with Gasteiger partial charge in [0.25, 0.3) is 5.91 Å². The second-order valence-electron chi connectivity index (χ2n) is 8.56. The Hall–Kier alpha value is -3.15. The minimum absolute atomic E-state index is 0.0112. The van der Waals surface area contributed by atoms with Gasteiger partial charge >= 0.3 is 0 Å². The lowest BCUT2D eigenvalue weighted by molar-refractivity contribution is -0.136. The molecule has 0 bridgehead atoms. The molecule has 3 amide bonds. The number of amides is 3. The Kier molecular flexibility index (Phi) is 6.07. The van der Waals surface area contributed by atoms with Crippen molar-refractivity contribution in [1.82, 2.24) is 10.2 Å². The van der Waals surface area contributed by atoms with Gasteiger partial charge < -0.3 is 15.1 Å². The minimum Gasteiger partial charge on any atom is -0.349 e. The van der Waals surface area contributed by atoms with Crippen molar-refractivity contribution in [3.8, 4) is 0 Å². The van der Waals surface area contributed by atoms with Crippen LogP contribution in [0.15, 0.2) is 48.5 Å². The maximum Gasteiger partial charge on any atom is 0.251 e. The van der Waals surface area contributed by atoms with Gasteiger partial charge in [-0.2, -0.15) is 0 Å². The van der Waals surface area contributed by atoms with Crippen molar-refractivity contribution in [2.45, 2.75) is 39.2 Å². The summed E-state index contributed by atoms with van der Waals surface area (Å²) in [5, 5.41) is 3.07. The Balaban J connectivity index is 1.32. The van der Waals surface area contributed by atoms with Crippen LogP contribution in [0.25, 0.3) is 0 Å². The highest BCUT2D eigenvalue weighted by Gasteiger charge is 2.38. The van der Waals surface area contributed by atoms with Crippen LogP contribution in [0.2, 0.25) is 0 Å². The van der Waals surface area contributed by atoms with E-state index < -0.39 is 0 Å². The van der Waals surface area contributed by atoms with E-state index >= 15 is 0 Å². The van der Waals surface area contributed by atoms with E-state index in [0.29, 0.717) is 25.2 Å². The number of rotatable bonds is 4. The zero-order chi connectivity index (χ0) is 22.0. The molecular formula is C25H29N3O3. The van der Waals surface area contributed by atoms with Gasteiger partial charge in [-0.15, -0.1) is 0 Å². The van der Waals surface area contributed by atoms with Gasteiger partial charge in [0.15, 0.2) is 0 Å². The number of anilines is 1. The van der Waals surface area contributed by atoms with Crippen molar-refractivity contribution < 1.29 is 14.4 Å². The fourth-order valence-electron chi connectivity index (χ4n) is 4.49. The SMILES string of the molecule is Cc1cccc(N2CC(C(=O)N3CCC(NC(=O)c4ccccc4)CC3)CC2=O)c1C. The first-order valence-corrected chi connectivity index (χ1v) is 11.0. The largest absolute Gasteiger partial charge is 0.349 e. The van der Waals surface area contributed by atoms with Crippen LogP contribution < -0.4 is 10.2 Å². The summed E-state index contributed by atoms with van der Waals surface area (Å²) >= 11 is 0. The van der Waals surface area contributed by atoms with Crippen molar-refractivity contribution in [3.63, 3.8) is 0 Å². The van der Waals surface area contributed by atoms with E-state index in [1.54, 1.807) is 17.0 Å². The van der Waals surface area contributed by atoms with Crippen molar-refractivity contribution >= 4 is 23.4 Å². The zero-order valence-electron chi connectivity index (χ0n) is 18.1. The molecule has 162 valence electrons. The molecule has 6 heteroatoms. The molecule has 0 spiro atoms. The molecular weight excluding hydrogens is 390 g/mol. The molecule has 4 rings (SSSR count). The summed E-state index contributed by atoms with van der Waals surface area (Å²) in [6.45, 7) is 5.69. The van der Waals surface area contributed by atoms with Crippen LogP contribution in [0, 0.1) is 19.8 Å². The molecule has 2 aromatic rings. The lowest BCUT2D eigenvalue weighted by Gasteiger charge is -2.33. The van der Waals surface area contributed by atoms with E-state index in [0.717, 1.165) is 29.7 Å². The number of piperidine rings is 1. The van der Waals surface area contributed by atoms with Crippen LogP contribution in [0.1, 0.15) is 40.7 Å². The standard InChI is InChI=1S/C25H29N3O3/c1-17-7-6-10-22(18(17)2)28-16-20(15-23(28)29)25(31)27-13-11-21(12-14-27)26-24(30)19-8-4-3-5-9-19/h3-10,20-21H,11-16H2,1-2H3,(H,26,30). The van der Waals surface area contributed by atoms with Gasteiger partial charge in [0.1, 0.15) is 0 Å². The normalized spacial score (nSPS) is 19.5. The second kappa shape index (κ2) is 8.92. The molecule has 0 aliphatic carbocycles. The van der Waals surface area contributed by atoms with E-state index in [1.165, 1.54) is 0 Å². The first-order valence-electron chi connectivity index (χ1n) is 11.0. The monoisotopic (exact) mass is 419 g/mol. The van der Waals surface area contributed by atoms with Crippen LogP contribution in [0.4, 0.5) is 5.69 Å². The molecule has 2 aliphatic heterocycles. The smallest absolute Gasteiger partial charge is 0.251 e. The number of benzene rings is 2. The average molecular weight is 420 g/mol. The number of nitrogens with zero attached hydrogens (tertiary/aromatic N) is 2. The number of aryl methyl sites for hydroxylation is 1. The summed E-state index contributed by atoms with van der Waals surface area (Å²) < 4.78 is 0. The highest BCUT2D eigenvalue weighted by Crippen LogP contribution is 2.30. The lowest BCUT2D eigenvalue weighted by Crippen LogP contribution is -2.48. The molecule has 0 saturated carbocycles. The molecule has 31 heavy (non-hydrogen) atoms. The number of carbonyl (C=O) groups excluding carboxylic acids is 3. The molecule has 0 aromatic heterocycles. The third-order valence-corrected chi connectivity index (χ3v) is 6.52. The van der Waals surface area contributed by atoms with Gasteiger partial charge in [-0.3, -0.25) is 14.4 Å². The van der Waals surface area contributed by atoms with Gasteiger partial charge in [0.05, 0.1) is 5.92 Å². The maximum absolute atomic E-state index is 13.1. The molecule has 6 nitrogen and oxygen atoms in total. The zero-order valence-corrected chi connectivity index (χ0v) is 18.1. The lowest BCUT2D eigenvalue weighted by atomic mass is 10.0. The predicted octanol–water partition coefficient (Wildman–Crippen LogP) is 3.08. The quantitative estimate of drug-likeness (QED) is 0.828. The molecule has 0 radical (unpaired) electrons. The molecule has 2 fully saturated rings. The summed E-state index contributed by atoms with van der Waals surface area (Å²) in [4.78, 5) is 41.7. The molecule has 1 N–H and O–H groups in total. The van der Waals surface area contributed by atoms with Gasteiger partial charge in [0.2, 0.25) is 11.8 Å². The maximum atomic E-state index is 13.1. The van der Waals surface area contributed by atoms with Crippen molar-refractivity contribution in [2.24, 2.45) is 5.92 Å². The average Bonchev–Trinajstić information content (AvgIpc) is 3.17. The summed E-state index contributed by atoms with van der Waals surface area (Å²) in [5.41, 5.74) is 3.78. The number of hydrogen-bond acceptors (Lipinski definition) is 3. The third-order valence-electron chi connectivity index (χ3n) is 6.52. The van der Waals surface area contributed by atoms with Crippen LogP contribution >= 0.6 is 0 Å². The number of carbonyl (C=O) groups is 3. The van der Waals surface area contributed by atoms with Crippen molar-refractivity contribution in [1.29, 1.82) is 0 Å². The Labute approximate surface area is 183 Å². The predicted molar refractivity (Wildman–Crippen MR) is 120 cm³/mol. The number of likely N-dealkylation sites (tertiary alicyclic amines) is 1. The highest BCUT2D eigenvalue weighted by molar-refractivity contribution is 6.01. The van der Waals surface area contributed by atoms with E-state index in [-0.39, 0.29) is 36.1 Å². The molecule has 2 aliphatic rings. The minimum atomic E-state index is -0.303. The van der Waals surface area contributed by atoms with Crippen molar-refractivity contribution in [2.75, 3.05) is 24.5 Å². The van der Waals surface area contributed by atoms with Crippen LogP contribution in [-0.4, -0.2) is 48.3 Å². The molecule has 1 unspecified atom stereocenters. The number of nitrogens with one attached hydrogen (secondary N) is 1. The third kappa shape index (κ3) is 4.48. The molecule has 2 saturated heterocycles. The fourth-order valence-corrected chi connectivity index (χ4v) is 4.49. The second-order valence-corrected chi connectivity index (χ2v) is 8.56. The highest BCUT2D eigenvalue weighted by atomic mass is 16.2.